The third kappa shape index (κ3) is 7.16. The fourth-order valence-corrected chi connectivity index (χ4v) is 3.29. The molecular weight excluding hydrogens is 342 g/mol. The van der Waals surface area contributed by atoms with E-state index in [2.05, 4.69) is 36.7 Å². The van der Waals surface area contributed by atoms with E-state index in [9.17, 15) is 4.79 Å². The highest BCUT2D eigenvalue weighted by molar-refractivity contribution is 7.80. The summed E-state index contributed by atoms with van der Waals surface area (Å²) in [6.07, 6.45) is 9.27. The quantitative estimate of drug-likeness (QED) is 0.415. The molecule has 0 heterocycles. The first-order chi connectivity index (χ1) is 12.3. The monoisotopic (exact) mass is 373 g/mol. The maximum absolute atomic E-state index is 12.3. The Hall–Kier alpha value is -1.88. The number of hydrogen-bond donors (Lipinski definition) is 3. The molecule has 2 rings (SSSR count). The Bertz CT molecular complexity index is 616. The topological polar surface area (TPSA) is 53.2 Å². The van der Waals surface area contributed by atoms with Gasteiger partial charge in [0.15, 0.2) is 5.11 Å². The summed E-state index contributed by atoms with van der Waals surface area (Å²) in [4.78, 5) is 12.3. The highest BCUT2D eigenvalue weighted by Gasteiger charge is 2.27. The lowest BCUT2D eigenvalue weighted by atomic mass is 9.92. The predicted molar refractivity (Wildman–Crippen MR) is 113 cm³/mol. The van der Waals surface area contributed by atoms with Gasteiger partial charge < -0.3 is 16.0 Å². The fraction of sp³-hybridized carbons (Fsp3) is 0.524. The molecule has 4 nitrogen and oxygen atoms in total. The van der Waals surface area contributed by atoms with Gasteiger partial charge in [-0.25, -0.2) is 0 Å². The Morgan fingerprint density at radius 3 is 2.38 bits per heavy atom. The minimum absolute atomic E-state index is 0.137. The molecule has 1 atom stereocenters. The third-order valence-electron chi connectivity index (χ3n) is 4.60. The molecule has 0 bridgehead atoms. The summed E-state index contributed by atoms with van der Waals surface area (Å²) < 4.78 is 0. The van der Waals surface area contributed by atoms with Crippen LogP contribution < -0.4 is 16.0 Å². The van der Waals surface area contributed by atoms with Gasteiger partial charge in [0, 0.05) is 17.5 Å². The molecule has 1 saturated carbocycles. The summed E-state index contributed by atoms with van der Waals surface area (Å²) in [6.45, 7) is 6.24. The molecule has 1 aliphatic carbocycles. The van der Waals surface area contributed by atoms with E-state index in [1.54, 1.807) is 6.08 Å². The molecule has 0 spiro atoms. The van der Waals surface area contributed by atoms with Gasteiger partial charge >= 0.3 is 0 Å². The van der Waals surface area contributed by atoms with Crippen LogP contribution in [-0.4, -0.2) is 23.2 Å². The lowest BCUT2D eigenvalue weighted by Gasteiger charge is -2.34. The van der Waals surface area contributed by atoms with Crippen LogP contribution in [0.25, 0.3) is 6.08 Å². The van der Waals surface area contributed by atoms with Crippen LogP contribution in [0.5, 0.6) is 0 Å². The van der Waals surface area contributed by atoms with Gasteiger partial charge in [0.2, 0.25) is 5.91 Å². The van der Waals surface area contributed by atoms with Gasteiger partial charge in [-0.15, -0.1) is 0 Å². The molecule has 3 N–H and O–H groups in total. The van der Waals surface area contributed by atoms with Crippen LogP contribution in [0.15, 0.2) is 36.4 Å². The summed E-state index contributed by atoms with van der Waals surface area (Å²) in [5.41, 5.74) is 0.826. The lowest BCUT2D eigenvalue weighted by molar-refractivity contribution is -0.118. The van der Waals surface area contributed by atoms with Gasteiger partial charge in [-0.2, -0.15) is 0 Å². The molecule has 5 heteroatoms. The summed E-state index contributed by atoms with van der Waals surface area (Å²) in [5.74, 6) is -0.137. The van der Waals surface area contributed by atoms with Crippen molar-refractivity contribution in [3.05, 3.63) is 42.0 Å². The Balaban J connectivity index is 1.90. The summed E-state index contributed by atoms with van der Waals surface area (Å²) in [6, 6.07) is 10.2. The molecule has 142 valence electrons. The van der Waals surface area contributed by atoms with Gasteiger partial charge in [-0.3, -0.25) is 4.79 Å². The second-order valence-corrected chi connectivity index (χ2v) is 8.41. The summed E-state index contributed by atoms with van der Waals surface area (Å²) >= 11 is 5.48. The van der Waals surface area contributed by atoms with Gasteiger partial charge in [-0.05, 0) is 36.7 Å². The van der Waals surface area contributed by atoms with E-state index in [-0.39, 0.29) is 17.5 Å². The van der Waals surface area contributed by atoms with Crippen molar-refractivity contribution in [1.29, 1.82) is 0 Å². The van der Waals surface area contributed by atoms with E-state index in [0.29, 0.717) is 11.2 Å². The summed E-state index contributed by atoms with van der Waals surface area (Å²) in [5, 5.41) is 10.3. The number of amides is 1. The van der Waals surface area contributed by atoms with Crippen LogP contribution in [0.1, 0.15) is 58.4 Å². The highest BCUT2D eigenvalue weighted by atomic mass is 32.1. The molecule has 1 aliphatic rings. The van der Waals surface area contributed by atoms with E-state index in [4.69, 9.17) is 12.2 Å². The normalized spacial score (nSPS) is 16.9. The smallest absolute Gasteiger partial charge is 0.245 e. The fourth-order valence-electron chi connectivity index (χ4n) is 3.00. The van der Waals surface area contributed by atoms with Crippen molar-refractivity contribution in [1.82, 2.24) is 16.0 Å². The molecular formula is C21H31N3OS. The molecule has 1 aromatic carbocycles. The van der Waals surface area contributed by atoms with Crippen molar-refractivity contribution < 1.29 is 4.79 Å². The van der Waals surface area contributed by atoms with Crippen molar-refractivity contribution in [2.24, 2.45) is 5.41 Å². The molecule has 0 radical (unpaired) electrons. The average molecular weight is 374 g/mol. The summed E-state index contributed by atoms with van der Waals surface area (Å²) in [7, 11) is 0. The number of carbonyl (C=O) groups excluding carboxylic acids is 1. The first-order valence-electron chi connectivity index (χ1n) is 9.45. The van der Waals surface area contributed by atoms with Crippen molar-refractivity contribution in [3.8, 4) is 0 Å². The van der Waals surface area contributed by atoms with Crippen LogP contribution in [0.4, 0.5) is 0 Å². The lowest BCUT2D eigenvalue weighted by Crippen LogP contribution is -2.58. The molecule has 26 heavy (non-hydrogen) atoms. The Labute approximate surface area is 162 Å². The number of hydrogen-bond acceptors (Lipinski definition) is 2. The number of benzene rings is 1. The molecule has 0 saturated heterocycles. The minimum atomic E-state index is -0.251. The van der Waals surface area contributed by atoms with Crippen LogP contribution in [0.3, 0.4) is 0 Å². The number of thiocarbonyl (C=S) groups is 1. The second kappa shape index (κ2) is 9.72. The predicted octanol–water partition coefficient (Wildman–Crippen LogP) is 3.99. The van der Waals surface area contributed by atoms with Crippen LogP contribution in [0, 0.1) is 5.41 Å². The molecule has 1 amide bonds. The zero-order chi connectivity index (χ0) is 19.0. The van der Waals surface area contributed by atoms with E-state index in [1.165, 1.54) is 19.3 Å². The zero-order valence-electron chi connectivity index (χ0n) is 16.0. The van der Waals surface area contributed by atoms with E-state index in [0.717, 1.165) is 18.4 Å². The highest BCUT2D eigenvalue weighted by Crippen LogP contribution is 2.19. The Morgan fingerprint density at radius 1 is 1.12 bits per heavy atom. The molecule has 0 aliphatic heterocycles. The molecule has 1 fully saturated rings. The average Bonchev–Trinajstić information content (AvgIpc) is 2.60. The minimum Gasteiger partial charge on any atom is -0.360 e. The largest absolute Gasteiger partial charge is 0.360 e. The SMILES string of the molecule is CC(C)(C)C(NC(=O)C=Cc1ccccc1)NC(=S)NC1CCCCC1. The third-order valence-corrected chi connectivity index (χ3v) is 4.83. The van der Waals surface area contributed by atoms with Crippen molar-refractivity contribution in [3.63, 3.8) is 0 Å². The van der Waals surface area contributed by atoms with Gasteiger partial charge in [0.25, 0.3) is 0 Å². The second-order valence-electron chi connectivity index (χ2n) is 8.00. The van der Waals surface area contributed by atoms with Crippen LogP contribution >= 0.6 is 12.2 Å². The van der Waals surface area contributed by atoms with Crippen molar-refractivity contribution >= 4 is 29.3 Å². The molecule has 0 aromatic heterocycles. The van der Waals surface area contributed by atoms with Crippen molar-refractivity contribution in [2.75, 3.05) is 0 Å². The molecule has 1 unspecified atom stereocenters. The first kappa shape index (κ1) is 20.4. The standard InChI is InChI=1S/C21H31N3OS/c1-21(2,3)19(24-20(26)22-17-12-8-5-9-13-17)23-18(25)15-14-16-10-6-4-7-11-16/h4,6-7,10-11,14-15,17,19H,5,8-9,12-13H2,1-3H3,(H,23,25)(H2,22,24,26). The van der Waals surface area contributed by atoms with Gasteiger partial charge in [-0.1, -0.05) is 70.4 Å². The van der Waals surface area contributed by atoms with E-state index in [1.807, 2.05) is 36.4 Å². The first-order valence-corrected chi connectivity index (χ1v) is 9.86. The Kier molecular flexibility index (Phi) is 7.64. The molecule has 1 aromatic rings. The van der Waals surface area contributed by atoms with E-state index < -0.39 is 0 Å². The maximum atomic E-state index is 12.3. The Morgan fingerprint density at radius 2 is 1.77 bits per heavy atom. The maximum Gasteiger partial charge on any atom is 0.245 e. The van der Waals surface area contributed by atoms with E-state index >= 15 is 0 Å². The van der Waals surface area contributed by atoms with Gasteiger partial charge in [0.05, 0.1) is 0 Å². The number of carbonyl (C=O) groups is 1. The zero-order valence-corrected chi connectivity index (χ0v) is 16.9. The van der Waals surface area contributed by atoms with Crippen molar-refractivity contribution in [2.45, 2.75) is 65.1 Å². The van der Waals surface area contributed by atoms with Crippen LogP contribution in [0.2, 0.25) is 0 Å². The number of nitrogens with one attached hydrogen (secondary N) is 3. The van der Waals surface area contributed by atoms with Crippen LogP contribution in [-0.2, 0) is 4.79 Å². The number of rotatable bonds is 5. The van der Waals surface area contributed by atoms with Gasteiger partial charge in [0.1, 0.15) is 6.17 Å².